The molecule has 0 bridgehead atoms. The van der Waals surface area contributed by atoms with Gasteiger partial charge in [-0.15, -0.1) is 23.5 Å². The monoisotopic (exact) mass is 700 g/mol. The second kappa shape index (κ2) is 13.7. The van der Waals surface area contributed by atoms with Gasteiger partial charge in [-0.1, -0.05) is 47.5 Å². The Morgan fingerprint density at radius 1 is 1.16 bits per heavy atom. The molecule has 0 aliphatic carbocycles. The minimum atomic E-state index is -1.29. The summed E-state index contributed by atoms with van der Waals surface area (Å²) in [5.41, 5.74) is 0.603. The summed E-state index contributed by atoms with van der Waals surface area (Å²) in [6.07, 6.45) is 3.62. The van der Waals surface area contributed by atoms with Gasteiger partial charge in [0, 0.05) is 35.9 Å². The Hall–Kier alpha value is -2.84. The number of carboxylic acid groups (broad SMARTS) is 1. The lowest BCUT2D eigenvalue weighted by Crippen LogP contribution is -2.70. The number of hydrogen-bond acceptors (Lipinski definition) is 8. The molecule has 1 aromatic carbocycles. The number of amides is 4. The first-order valence-electron chi connectivity index (χ1n) is 13.5. The highest BCUT2D eigenvalue weighted by Crippen LogP contribution is 2.42. The Morgan fingerprint density at radius 2 is 1.91 bits per heavy atom. The quantitative estimate of drug-likeness (QED) is 0.129. The number of hydrogen-bond donors (Lipinski definition) is 2. The molecule has 4 aliphatic heterocycles. The van der Waals surface area contributed by atoms with Crippen molar-refractivity contribution < 1.29 is 33.8 Å². The van der Waals surface area contributed by atoms with E-state index in [0.29, 0.717) is 58.6 Å². The van der Waals surface area contributed by atoms with E-state index in [0.717, 1.165) is 16.7 Å². The van der Waals surface area contributed by atoms with E-state index < -0.39 is 35.3 Å². The van der Waals surface area contributed by atoms with Gasteiger partial charge in [-0.3, -0.25) is 19.3 Å². The number of carbonyl (C=O) groups is 5. The van der Waals surface area contributed by atoms with Crippen molar-refractivity contribution in [2.75, 3.05) is 37.7 Å². The van der Waals surface area contributed by atoms with Gasteiger partial charge >= 0.3 is 12.1 Å². The van der Waals surface area contributed by atoms with Gasteiger partial charge in [0.1, 0.15) is 23.7 Å². The third kappa shape index (κ3) is 6.57. The molecule has 5 rings (SSSR count). The summed E-state index contributed by atoms with van der Waals surface area (Å²) in [6.45, 7) is 4.89. The lowest BCUT2D eigenvalue weighted by atomic mass is 10.0. The number of thioether (sulfide) groups is 2. The summed E-state index contributed by atoms with van der Waals surface area (Å²) in [5.74, 6) is -2.31. The van der Waals surface area contributed by atoms with Gasteiger partial charge in [-0.2, -0.15) is 0 Å². The third-order valence-electron chi connectivity index (χ3n) is 7.54. The molecule has 0 saturated carbocycles. The van der Waals surface area contributed by atoms with E-state index in [1.165, 1.54) is 23.9 Å². The fourth-order valence-electron chi connectivity index (χ4n) is 5.44. The first-order chi connectivity index (χ1) is 21.0. The van der Waals surface area contributed by atoms with Gasteiger partial charge in [0.25, 0.3) is 5.91 Å². The Bertz CT molecular complexity index is 1500. The van der Waals surface area contributed by atoms with E-state index in [-0.39, 0.29) is 40.8 Å². The van der Waals surface area contributed by atoms with E-state index >= 15 is 0 Å². The van der Waals surface area contributed by atoms with Crippen molar-refractivity contribution in [1.82, 2.24) is 20.0 Å². The number of nitrogens with one attached hydrogen (secondary N) is 1. The molecule has 3 saturated heterocycles. The maximum absolute atomic E-state index is 13.3. The van der Waals surface area contributed by atoms with Crippen LogP contribution in [0.2, 0.25) is 15.1 Å². The topological polar surface area (TPSA) is 137 Å². The van der Waals surface area contributed by atoms with Crippen LogP contribution >= 0.6 is 58.3 Å². The highest BCUT2D eigenvalue weighted by molar-refractivity contribution is 8.00. The van der Waals surface area contributed by atoms with Crippen LogP contribution in [0.25, 0.3) is 0 Å². The smallest absolute Gasteiger partial charge is 0.410 e. The molecular formula is C28H27Cl3N4O7S2. The van der Waals surface area contributed by atoms with Crippen molar-refractivity contribution in [3.8, 4) is 0 Å². The largest absolute Gasteiger partial charge is 0.477 e. The summed E-state index contributed by atoms with van der Waals surface area (Å²) in [6, 6.07) is 1.96. The second-order valence-corrected chi connectivity index (χ2v) is 13.6. The molecule has 11 nitrogen and oxygen atoms in total. The molecule has 2 N–H and O–H groups in total. The minimum Gasteiger partial charge on any atom is -0.477 e. The van der Waals surface area contributed by atoms with E-state index in [2.05, 4.69) is 11.9 Å². The van der Waals surface area contributed by atoms with E-state index in [1.54, 1.807) is 21.9 Å². The molecule has 4 amide bonds. The maximum Gasteiger partial charge on any atom is 0.410 e. The van der Waals surface area contributed by atoms with Crippen molar-refractivity contribution in [1.29, 1.82) is 0 Å². The standard InChI is InChI=1S/C28H27Cl3N4O7S2/c1-2-7-42-28(41)33-5-4-16(11-33)34-6-3-14(24(34)37)8-15-12-44-26-22(25(38)35(26)23(15)27(39)40)32-21(36)13-43-20-10-18(30)17(29)9-19(20)31/h2,8-10,16,22,26H,1,3-7,11-13H2,(H,32,36)(H,39,40)/b14-8+. The Kier molecular flexibility index (Phi) is 10.1. The number of fused-ring (bicyclic) bond motifs is 1. The minimum absolute atomic E-state index is 0.0504. The first-order valence-corrected chi connectivity index (χ1v) is 16.7. The van der Waals surface area contributed by atoms with Crippen LogP contribution in [0.4, 0.5) is 4.79 Å². The molecule has 44 heavy (non-hydrogen) atoms. The number of benzene rings is 1. The predicted octanol–water partition coefficient (Wildman–Crippen LogP) is 4.03. The number of nitrogens with zero attached hydrogens (tertiary/aromatic N) is 3. The zero-order valence-corrected chi connectivity index (χ0v) is 27.0. The number of aliphatic carboxylic acids is 1. The second-order valence-electron chi connectivity index (χ2n) is 10.3. The third-order valence-corrected chi connectivity index (χ3v) is 11.0. The number of ether oxygens (including phenoxy) is 1. The fraction of sp³-hybridized carbons (Fsp3) is 0.393. The maximum atomic E-state index is 13.3. The van der Waals surface area contributed by atoms with Gasteiger partial charge in [0.05, 0.1) is 26.9 Å². The average molecular weight is 702 g/mol. The molecule has 0 radical (unpaired) electrons. The molecule has 16 heteroatoms. The van der Waals surface area contributed by atoms with Gasteiger partial charge in [-0.05, 0) is 36.6 Å². The predicted molar refractivity (Wildman–Crippen MR) is 168 cm³/mol. The number of β-lactam (4-membered cyclic amide) rings is 1. The van der Waals surface area contributed by atoms with Gasteiger partial charge in [-0.25, -0.2) is 9.59 Å². The molecule has 3 atom stereocenters. The number of likely N-dealkylation sites (tertiary alicyclic amines) is 2. The molecule has 3 unspecified atom stereocenters. The zero-order valence-electron chi connectivity index (χ0n) is 23.1. The number of carbonyl (C=O) groups excluding carboxylic acids is 4. The molecular weight excluding hydrogens is 675 g/mol. The summed E-state index contributed by atoms with van der Waals surface area (Å²) in [4.78, 5) is 68.5. The van der Waals surface area contributed by atoms with Crippen molar-refractivity contribution in [3.63, 3.8) is 0 Å². The first kappa shape index (κ1) is 32.6. The Balaban J connectivity index is 1.22. The summed E-state index contributed by atoms with van der Waals surface area (Å²) >= 11 is 20.6. The van der Waals surface area contributed by atoms with Gasteiger partial charge in [0.2, 0.25) is 11.8 Å². The van der Waals surface area contributed by atoms with Gasteiger partial charge in [0.15, 0.2) is 0 Å². The highest BCUT2D eigenvalue weighted by atomic mass is 35.5. The number of rotatable bonds is 9. The normalized spacial score (nSPS) is 24.0. The lowest BCUT2D eigenvalue weighted by molar-refractivity contribution is -0.150. The SMILES string of the molecule is C=CCOC(=O)N1CCC(N2CC/C(=C\C3=C(C(=O)O)N4C(=O)C(NC(=O)CSc5cc(Cl)c(Cl)cc5Cl)C4SC3)C2=O)C1. The zero-order chi connectivity index (χ0) is 31.7. The molecule has 1 aromatic rings. The van der Waals surface area contributed by atoms with Crippen molar-refractivity contribution in [3.05, 3.63) is 62.8 Å². The highest BCUT2D eigenvalue weighted by Gasteiger charge is 2.54. The van der Waals surface area contributed by atoms with Crippen molar-refractivity contribution in [2.24, 2.45) is 0 Å². The van der Waals surface area contributed by atoms with Crippen LogP contribution in [0.5, 0.6) is 0 Å². The molecule has 4 aliphatic rings. The fourth-order valence-corrected chi connectivity index (χ4v) is 8.29. The number of allylic oxidation sites excluding steroid dienone is 1. The molecule has 234 valence electrons. The van der Waals surface area contributed by atoms with E-state index in [1.807, 2.05) is 0 Å². The molecule has 3 fully saturated rings. The van der Waals surface area contributed by atoms with Crippen molar-refractivity contribution >= 4 is 88.1 Å². The van der Waals surface area contributed by atoms with Crippen LogP contribution in [-0.4, -0.2) is 105 Å². The number of carboxylic acids is 1. The van der Waals surface area contributed by atoms with Crippen LogP contribution in [0, 0.1) is 0 Å². The Morgan fingerprint density at radius 3 is 2.64 bits per heavy atom. The van der Waals surface area contributed by atoms with Crippen LogP contribution in [0.3, 0.4) is 0 Å². The average Bonchev–Trinajstić information content (AvgIpc) is 3.62. The van der Waals surface area contributed by atoms with Gasteiger partial charge < -0.3 is 25.0 Å². The van der Waals surface area contributed by atoms with Crippen LogP contribution in [-0.2, 0) is 23.9 Å². The van der Waals surface area contributed by atoms with Crippen LogP contribution in [0.1, 0.15) is 12.8 Å². The van der Waals surface area contributed by atoms with Crippen molar-refractivity contribution in [2.45, 2.75) is 35.2 Å². The lowest BCUT2D eigenvalue weighted by Gasteiger charge is -2.49. The molecule has 0 spiro atoms. The van der Waals surface area contributed by atoms with Crippen LogP contribution < -0.4 is 5.32 Å². The summed E-state index contributed by atoms with van der Waals surface area (Å²) < 4.78 is 5.09. The summed E-state index contributed by atoms with van der Waals surface area (Å²) in [5, 5.41) is 13.0. The molecule has 4 heterocycles. The number of halogens is 3. The van der Waals surface area contributed by atoms with Crippen LogP contribution in [0.15, 0.2) is 52.6 Å². The van der Waals surface area contributed by atoms with E-state index in [9.17, 15) is 29.1 Å². The van der Waals surface area contributed by atoms with E-state index in [4.69, 9.17) is 39.5 Å². The molecule has 0 aromatic heterocycles. The Labute approximate surface area is 276 Å². The summed E-state index contributed by atoms with van der Waals surface area (Å²) in [7, 11) is 0.